The van der Waals surface area contributed by atoms with Crippen LogP contribution in [-0.2, 0) is 9.53 Å². The highest BCUT2D eigenvalue weighted by molar-refractivity contribution is 5.75. The molecule has 1 aliphatic rings. The van der Waals surface area contributed by atoms with Crippen molar-refractivity contribution in [3.05, 3.63) is 0 Å². The van der Waals surface area contributed by atoms with Crippen molar-refractivity contribution < 1.29 is 9.53 Å². The number of hydrogen-bond donors (Lipinski definition) is 1. The minimum atomic E-state index is -0.161. The molecule has 0 heterocycles. The Morgan fingerprint density at radius 1 is 1.11 bits per heavy atom. The van der Waals surface area contributed by atoms with E-state index in [1.165, 1.54) is 39.2 Å². The largest absolute Gasteiger partial charge is 0.468 e. The summed E-state index contributed by atoms with van der Waals surface area (Å²) in [4.78, 5) is 11.8. The van der Waals surface area contributed by atoms with Gasteiger partial charge in [-0.1, -0.05) is 40.5 Å². The Balaban J connectivity index is 2.53. The molecule has 3 heteroatoms. The normalized spacial score (nSPS) is 26.3. The lowest BCUT2D eigenvalue weighted by Crippen LogP contribution is -2.47. The molecule has 1 aliphatic carbocycles. The van der Waals surface area contributed by atoms with Crippen LogP contribution < -0.4 is 5.32 Å². The van der Waals surface area contributed by atoms with Crippen molar-refractivity contribution in [3.8, 4) is 0 Å². The molecule has 1 rings (SSSR count). The highest BCUT2D eigenvalue weighted by Gasteiger charge is 2.28. The van der Waals surface area contributed by atoms with Gasteiger partial charge < -0.3 is 10.1 Å². The van der Waals surface area contributed by atoms with Gasteiger partial charge in [-0.3, -0.25) is 4.79 Å². The highest BCUT2D eigenvalue weighted by Crippen LogP contribution is 2.29. The topological polar surface area (TPSA) is 38.3 Å². The fraction of sp³-hybridized carbons (Fsp3) is 0.938. The number of rotatable bonds is 5. The molecule has 2 unspecified atom stereocenters. The summed E-state index contributed by atoms with van der Waals surface area (Å²) in [6, 6.07) is 0.306. The van der Waals surface area contributed by atoms with Gasteiger partial charge in [0.05, 0.1) is 7.11 Å². The van der Waals surface area contributed by atoms with E-state index in [4.69, 9.17) is 4.74 Å². The zero-order chi connectivity index (χ0) is 14.4. The van der Waals surface area contributed by atoms with Gasteiger partial charge in [-0.2, -0.15) is 0 Å². The van der Waals surface area contributed by atoms with Gasteiger partial charge in [-0.25, -0.2) is 0 Å². The monoisotopic (exact) mass is 269 g/mol. The van der Waals surface area contributed by atoms with Gasteiger partial charge in [-0.15, -0.1) is 0 Å². The first-order valence-electron chi connectivity index (χ1n) is 7.79. The Morgan fingerprint density at radius 3 is 2.32 bits per heavy atom. The second-order valence-electron chi connectivity index (χ2n) is 6.62. The van der Waals surface area contributed by atoms with E-state index < -0.39 is 0 Å². The standard InChI is InChI=1S/C16H31NO2/c1-11(2)13-7-6-8-14(10-9-13)17-15(12(3)4)16(18)19-5/h11-15,17H,6-10H2,1-5H3/t13?,14?,15-/m0/s1. The zero-order valence-corrected chi connectivity index (χ0v) is 13.2. The minimum absolute atomic E-state index is 0.125. The molecular weight excluding hydrogens is 238 g/mol. The van der Waals surface area contributed by atoms with Crippen LogP contribution in [0.2, 0.25) is 0 Å². The van der Waals surface area contributed by atoms with Gasteiger partial charge in [-0.05, 0) is 37.0 Å². The lowest BCUT2D eigenvalue weighted by Gasteiger charge is -2.26. The van der Waals surface area contributed by atoms with Crippen molar-refractivity contribution in [2.45, 2.75) is 71.9 Å². The summed E-state index contributed by atoms with van der Waals surface area (Å²) >= 11 is 0. The number of carbonyl (C=O) groups is 1. The third kappa shape index (κ3) is 5.13. The van der Waals surface area contributed by atoms with Gasteiger partial charge in [0.2, 0.25) is 0 Å². The molecule has 0 aromatic heterocycles. The van der Waals surface area contributed by atoms with E-state index in [2.05, 4.69) is 33.0 Å². The van der Waals surface area contributed by atoms with Crippen LogP contribution >= 0.6 is 0 Å². The molecule has 1 saturated carbocycles. The fourth-order valence-electron chi connectivity index (χ4n) is 3.08. The molecule has 0 spiro atoms. The maximum atomic E-state index is 11.8. The Bertz CT molecular complexity index is 276. The van der Waals surface area contributed by atoms with Gasteiger partial charge in [0, 0.05) is 6.04 Å². The van der Waals surface area contributed by atoms with Crippen molar-refractivity contribution in [1.82, 2.24) is 5.32 Å². The molecule has 19 heavy (non-hydrogen) atoms. The number of esters is 1. The minimum Gasteiger partial charge on any atom is -0.468 e. The number of nitrogens with one attached hydrogen (secondary N) is 1. The molecule has 3 atom stereocenters. The lowest BCUT2D eigenvalue weighted by atomic mass is 9.89. The quantitative estimate of drug-likeness (QED) is 0.614. The molecule has 0 aromatic carbocycles. The third-order valence-corrected chi connectivity index (χ3v) is 4.49. The van der Waals surface area contributed by atoms with Crippen molar-refractivity contribution in [2.75, 3.05) is 7.11 Å². The van der Waals surface area contributed by atoms with Crippen LogP contribution in [0, 0.1) is 17.8 Å². The number of methoxy groups -OCH3 is 1. The molecule has 1 N–H and O–H groups in total. The van der Waals surface area contributed by atoms with Crippen molar-refractivity contribution in [3.63, 3.8) is 0 Å². The SMILES string of the molecule is COC(=O)[C@@H](NC1CCCC(C(C)C)CC1)C(C)C. The van der Waals surface area contributed by atoms with E-state index in [0.717, 1.165) is 11.8 Å². The highest BCUT2D eigenvalue weighted by atomic mass is 16.5. The van der Waals surface area contributed by atoms with E-state index in [0.29, 0.717) is 6.04 Å². The van der Waals surface area contributed by atoms with Gasteiger partial charge in [0.15, 0.2) is 0 Å². The van der Waals surface area contributed by atoms with Crippen molar-refractivity contribution >= 4 is 5.97 Å². The molecule has 0 aliphatic heterocycles. The summed E-state index contributed by atoms with van der Waals surface area (Å²) < 4.78 is 4.90. The second-order valence-corrected chi connectivity index (χ2v) is 6.62. The molecular formula is C16H31NO2. The third-order valence-electron chi connectivity index (χ3n) is 4.49. The smallest absolute Gasteiger partial charge is 0.323 e. The molecule has 0 radical (unpaired) electrons. The van der Waals surface area contributed by atoms with Gasteiger partial charge in [0.1, 0.15) is 6.04 Å². The Labute approximate surface area is 118 Å². The maximum absolute atomic E-state index is 11.8. The van der Waals surface area contributed by atoms with Crippen LogP contribution in [0.3, 0.4) is 0 Å². The molecule has 0 saturated heterocycles. The number of hydrogen-bond acceptors (Lipinski definition) is 3. The summed E-state index contributed by atoms with van der Waals surface area (Å²) in [5.74, 6) is 1.78. The van der Waals surface area contributed by atoms with Gasteiger partial charge in [0.25, 0.3) is 0 Å². The molecule has 112 valence electrons. The van der Waals surface area contributed by atoms with E-state index >= 15 is 0 Å². The Morgan fingerprint density at radius 2 is 1.79 bits per heavy atom. The summed E-state index contributed by atoms with van der Waals surface area (Å²) in [7, 11) is 1.47. The molecule has 0 bridgehead atoms. The van der Waals surface area contributed by atoms with E-state index in [1.54, 1.807) is 0 Å². The number of ether oxygens (including phenoxy) is 1. The molecule has 1 fully saturated rings. The van der Waals surface area contributed by atoms with Gasteiger partial charge >= 0.3 is 5.97 Å². The summed E-state index contributed by atoms with van der Waals surface area (Å²) in [6.45, 7) is 8.79. The van der Waals surface area contributed by atoms with Crippen molar-refractivity contribution in [2.24, 2.45) is 17.8 Å². The van der Waals surface area contributed by atoms with Crippen LogP contribution in [0.25, 0.3) is 0 Å². The van der Waals surface area contributed by atoms with Crippen LogP contribution in [0.15, 0.2) is 0 Å². The first-order chi connectivity index (χ1) is 8.95. The summed E-state index contributed by atoms with van der Waals surface area (Å²) in [5.41, 5.74) is 0. The average Bonchev–Trinajstić information content (AvgIpc) is 2.60. The lowest BCUT2D eigenvalue weighted by molar-refractivity contribution is -0.144. The Kier molecular flexibility index (Phi) is 6.84. The summed E-state index contributed by atoms with van der Waals surface area (Å²) in [6.07, 6.45) is 6.25. The Hall–Kier alpha value is -0.570. The van der Waals surface area contributed by atoms with E-state index in [9.17, 15) is 4.79 Å². The van der Waals surface area contributed by atoms with E-state index in [-0.39, 0.29) is 17.9 Å². The number of carbonyl (C=O) groups excluding carboxylic acids is 1. The van der Waals surface area contributed by atoms with Crippen LogP contribution in [-0.4, -0.2) is 25.2 Å². The molecule has 0 aromatic rings. The predicted octanol–water partition coefficient (Wildman–Crippen LogP) is 3.38. The first kappa shape index (κ1) is 16.5. The average molecular weight is 269 g/mol. The molecule has 3 nitrogen and oxygen atoms in total. The fourth-order valence-corrected chi connectivity index (χ4v) is 3.08. The molecule has 0 amide bonds. The van der Waals surface area contributed by atoms with Crippen LogP contribution in [0.1, 0.15) is 59.8 Å². The second kappa shape index (κ2) is 7.88. The zero-order valence-electron chi connectivity index (χ0n) is 13.2. The first-order valence-corrected chi connectivity index (χ1v) is 7.79. The predicted molar refractivity (Wildman–Crippen MR) is 79.0 cm³/mol. The summed E-state index contributed by atoms with van der Waals surface area (Å²) in [5, 5.41) is 3.53. The van der Waals surface area contributed by atoms with Crippen molar-refractivity contribution in [1.29, 1.82) is 0 Å². The van der Waals surface area contributed by atoms with E-state index in [1.807, 2.05) is 0 Å². The maximum Gasteiger partial charge on any atom is 0.323 e. The van der Waals surface area contributed by atoms with Crippen LogP contribution in [0.5, 0.6) is 0 Å². The van der Waals surface area contributed by atoms with Crippen LogP contribution in [0.4, 0.5) is 0 Å².